The molecule has 37 heavy (non-hydrogen) atoms. The summed E-state index contributed by atoms with van der Waals surface area (Å²) in [5, 5.41) is 4.13. The number of halogens is 1. The van der Waals surface area contributed by atoms with Gasteiger partial charge in [-0.1, -0.05) is 30.7 Å². The van der Waals surface area contributed by atoms with Gasteiger partial charge in [-0.3, -0.25) is 9.59 Å². The monoisotopic (exact) mass is 524 g/mol. The van der Waals surface area contributed by atoms with Gasteiger partial charge in [0, 0.05) is 37.7 Å². The Balaban J connectivity index is 1.14. The zero-order valence-corrected chi connectivity index (χ0v) is 22.6. The zero-order valence-electron chi connectivity index (χ0n) is 21.8. The maximum atomic E-state index is 13.4. The van der Waals surface area contributed by atoms with Crippen LogP contribution in [0.4, 0.5) is 0 Å². The average Bonchev–Trinajstić information content (AvgIpc) is 3.17. The lowest BCUT2D eigenvalue weighted by Crippen LogP contribution is -2.45. The first kappa shape index (κ1) is 26.1. The van der Waals surface area contributed by atoms with Crippen LogP contribution in [-0.4, -0.2) is 54.9 Å². The number of hydrogen-bond acceptors (Lipinski definition) is 4. The van der Waals surface area contributed by atoms with Crippen molar-refractivity contribution in [1.82, 2.24) is 15.1 Å². The largest absolute Gasteiger partial charge is 0.497 e. The Morgan fingerprint density at radius 1 is 1.05 bits per heavy atom. The first-order chi connectivity index (χ1) is 18.0. The zero-order chi connectivity index (χ0) is 25.8. The van der Waals surface area contributed by atoms with Gasteiger partial charge in [0.05, 0.1) is 18.6 Å². The van der Waals surface area contributed by atoms with Gasteiger partial charge in [-0.15, -0.1) is 0 Å². The molecule has 5 rings (SSSR count). The molecule has 1 unspecified atom stereocenters. The summed E-state index contributed by atoms with van der Waals surface area (Å²) in [7, 11) is 1.67. The van der Waals surface area contributed by atoms with E-state index in [2.05, 4.69) is 10.2 Å². The SMILES string of the molecule is COc1ccc(CN2CCC3(CCN(CCC(NC(=O)C4CCC4)c4ccc([ClH+])cc4)CC3)C2=O)cc1. The van der Waals surface area contributed by atoms with Crippen molar-refractivity contribution in [2.45, 2.75) is 57.5 Å². The van der Waals surface area contributed by atoms with E-state index in [4.69, 9.17) is 16.3 Å². The van der Waals surface area contributed by atoms with E-state index in [1.54, 1.807) is 7.11 Å². The van der Waals surface area contributed by atoms with Crippen LogP contribution >= 0.6 is 0 Å². The Morgan fingerprint density at radius 2 is 1.73 bits per heavy atom. The molecule has 1 N–H and O–H groups in total. The number of ether oxygens (including phenoxy) is 1. The maximum absolute atomic E-state index is 13.4. The van der Waals surface area contributed by atoms with E-state index in [0.29, 0.717) is 12.5 Å². The van der Waals surface area contributed by atoms with Crippen LogP contribution in [0, 0.1) is 22.9 Å². The molecule has 2 heterocycles. The van der Waals surface area contributed by atoms with E-state index < -0.39 is 0 Å². The summed E-state index contributed by atoms with van der Waals surface area (Å²) < 4.78 is 5.25. The minimum absolute atomic E-state index is 0.00677. The van der Waals surface area contributed by atoms with E-state index in [9.17, 15) is 9.59 Å². The van der Waals surface area contributed by atoms with Crippen LogP contribution < -0.4 is 10.1 Å². The average molecular weight is 525 g/mol. The van der Waals surface area contributed by atoms with Crippen LogP contribution in [0.15, 0.2) is 48.5 Å². The number of carbonyl (C=O) groups is 2. The lowest BCUT2D eigenvalue weighted by molar-refractivity contribution is -0.288. The number of nitrogens with zero attached hydrogens (tertiary/aromatic N) is 2. The number of rotatable bonds is 9. The van der Waals surface area contributed by atoms with E-state index >= 15 is 0 Å². The van der Waals surface area contributed by atoms with Crippen LogP contribution in [-0.2, 0) is 16.1 Å². The first-order valence-electron chi connectivity index (χ1n) is 13.7. The predicted octanol–water partition coefficient (Wildman–Crippen LogP) is 4.25. The molecule has 2 aliphatic heterocycles. The lowest BCUT2D eigenvalue weighted by Gasteiger charge is -2.38. The van der Waals surface area contributed by atoms with E-state index in [1.165, 1.54) is 0 Å². The van der Waals surface area contributed by atoms with Crippen molar-refractivity contribution in [2.24, 2.45) is 11.3 Å². The van der Waals surface area contributed by atoms with E-state index in [1.807, 2.05) is 53.4 Å². The fourth-order valence-corrected chi connectivity index (χ4v) is 6.09. The molecule has 198 valence electrons. The number of carbonyl (C=O) groups excluding carboxylic acids is 2. The third-order valence-corrected chi connectivity index (χ3v) is 9.03. The highest BCUT2D eigenvalue weighted by molar-refractivity contribution is 5.85. The van der Waals surface area contributed by atoms with Crippen molar-refractivity contribution in [3.05, 3.63) is 64.7 Å². The number of likely N-dealkylation sites (tertiary alicyclic amines) is 2. The Morgan fingerprint density at radius 3 is 2.35 bits per heavy atom. The molecule has 1 saturated carbocycles. The third kappa shape index (κ3) is 5.96. The van der Waals surface area contributed by atoms with Crippen molar-refractivity contribution in [3.8, 4) is 5.75 Å². The maximum Gasteiger partial charge on any atom is 0.229 e. The summed E-state index contributed by atoms with van der Waals surface area (Å²) in [6, 6.07) is 16.0. The molecule has 0 aromatic heterocycles. The normalized spacial score (nSPS) is 20.6. The van der Waals surface area contributed by atoms with E-state index in [-0.39, 0.29) is 23.3 Å². The first-order valence-corrected chi connectivity index (χ1v) is 14.1. The Labute approximate surface area is 225 Å². The van der Waals surface area contributed by atoms with Crippen LogP contribution in [0.5, 0.6) is 5.75 Å². The van der Waals surface area contributed by atoms with Crippen molar-refractivity contribution in [2.75, 3.05) is 33.3 Å². The van der Waals surface area contributed by atoms with Gasteiger partial charge in [0.1, 0.15) is 5.75 Å². The van der Waals surface area contributed by atoms with Crippen molar-refractivity contribution in [1.29, 1.82) is 0 Å². The molecule has 3 aliphatic rings. The van der Waals surface area contributed by atoms with Gasteiger partial charge in [-0.05, 0) is 74.9 Å². The minimum atomic E-state index is -0.208. The van der Waals surface area contributed by atoms with Crippen LogP contribution in [0.3, 0.4) is 0 Å². The second kappa shape index (κ2) is 11.4. The molecule has 0 radical (unpaired) electrons. The molecule has 2 aromatic carbocycles. The summed E-state index contributed by atoms with van der Waals surface area (Å²) in [5.41, 5.74) is 2.05. The predicted molar refractivity (Wildman–Crippen MR) is 141 cm³/mol. The molecule has 1 atom stereocenters. The van der Waals surface area contributed by atoms with Crippen molar-refractivity contribution >= 4 is 11.8 Å². The number of methoxy groups -OCH3 is 1. The molecule has 1 spiro atoms. The van der Waals surface area contributed by atoms with Crippen molar-refractivity contribution < 1.29 is 25.9 Å². The van der Waals surface area contributed by atoms with Gasteiger partial charge >= 0.3 is 0 Å². The number of amides is 2. The molecule has 2 amide bonds. The number of nitrogens with one attached hydrogen (secondary N) is 1. The third-order valence-electron chi connectivity index (χ3n) is 8.76. The molecule has 7 heteroatoms. The van der Waals surface area contributed by atoms with Gasteiger partial charge in [0.15, 0.2) is 11.6 Å². The molecule has 3 fully saturated rings. The highest BCUT2D eigenvalue weighted by atomic mass is 35.5. The number of piperidine rings is 1. The quantitative estimate of drug-likeness (QED) is 0.532. The van der Waals surface area contributed by atoms with Crippen LogP contribution in [0.2, 0.25) is 5.02 Å². The molecule has 6 nitrogen and oxygen atoms in total. The van der Waals surface area contributed by atoms with Crippen LogP contribution in [0.1, 0.15) is 62.1 Å². The molecule has 2 saturated heterocycles. The Hall–Kier alpha value is -2.57. The fourth-order valence-electron chi connectivity index (χ4n) is 5.96. The standard InChI is InChI=1S/C30H38ClN3O3/c1-37-26-11-5-22(6-12-26)21-34-20-16-30(29(34)36)14-18-33(19-15-30)17-13-27(23-7-9-25(31)10-8-23)32-28(35)24-3-2-4-24/h5-12,24,27,31H,2-4,13-21H2,1H3/p+1. The fraction of sp³-hybridized carbons (Fsp3) is 0.533. The highest BCUT2D eigenvalue weighted by Crippen LogP contribution is 2.42. The second-order valence-corrected chi connectivity index (χ2v) is 11.5. The smallest absolute Gasteiger partial charge is 0.229 e. The summed E-state index contributed by atoms with van der Waals surface area (Å²) in [6.45, 7) is 4.26. The Bertz CT molecular complexity index is 1080. The van der Waals surface area contributed by atoms with Gasteiger partial charge in [0.2, 0.25) is 16.8 Å². The number of hydrogen-bond donors (Lipinski definition) is 1. The minimum Gasteiger partial charge on any atom is -0.497 e. The topological polar surface area (TPSA) is 61.9 Å². The molecule has 0 bridgehead atoms. The second-order valence-electron chi connectivity index (χ2n) is 11.0. The Kier molecular flexibility index (Phi) is 8.06. The lowest BCUT2D eigenvalue weighted by atomic mass is 9.77. The van der Waals surface area contributed by atoms with Gasteiger partial charge in [-0.25, -0.2) is 0 Å². The van der Waals surface area contributed by atoms with Crippen LogP contribution in [0.25, 0.3) is 0 Å². The summed E-state index contributed by atoms with van der Waals surface area (Å²) in [6.07, 6.45) is 6.79. The van der Waals surface area contributed by atoms with Gasteiger partial charge in [-0.2, -0.15) is 0 Å². The highest BCUT2D eigenvalue weighted by Gasteiger charge is 2.47. The summed E-state index contributed by atoms with van der Waals surface area (Å²) in [5.74, 6) is 1.51. The summed E-state index contributed by atoms with van der Waals surface area (Å²) in [4.78, 5) is 30.7. The summed E-state index contributed by atoms with van der Waals surface area (Å²) >= 11 is 5.26. The number of benzene rings is 2. The van der Waals surface area contributed by atoms with Crippen molar-refractivity contribution in [3.63, 3.8) is 0 Å². The molecular formula is C30H39ClN3O3+. The molecular weight excluding hydrogens is 486 g/mol. The molecule has 1 aliphatic carbocycles. The van der Waals surface area contributed by atoms with Gasteiger partial charge in [0.25, 0.3) is 0 Å². The van der Waals surface area contributed by atoms with E-state index in [0.717, 1.165) is 93.0 Å². The van der Waals surface area contributed by atoms with Gasteiger partial charge < -0.3 is 19.9 Å². The molecule has 2 aromatic rings.